The molecule has 2 rings (SSSR count). The third kappa shape index (κ3) is 7.03. The molecule has 2 N–H and O–H groups in total. The number of carbonyl (C=O) groups excluding carboxylic acids is 3. The zero-order chi connectivity index (χ0) is 21.4. The van der Waals surface area contributed by atoms with Gasteiger partial charge in [-0.25, -0.2) is 4.39 Å². The molecule has 2 aromatic carbocycles. The molecule has 0 saturated heterocycles. The first-order valence-electron chi connectivity index (χ1n) is 9.21. The second-order valence-electron chi connectivity index (χ2n) is 7.54. The van der Waals surface area contributed by atoms with Gasteiger partial charge in [0.25, 0.3) is 11.8 Å². The summed E-state index contributed by atoms with van der Waals surface area (Å²) < 4.78 is 18.3. The predicted octanol–water partition coefficient (Wildman–Crippen LogP) is 2.71. The van der Waals surface area contributed by atoms with Gasteiger partial charge in [-0.1, -0.05) is 51.1 Å². The van der Waals surface area contributed by atoms with Crippen LogP contribution in [0.5, 0.6) is 0 Å². The second-order valence-corrected chi connectivity index (χ2v) is 7.54. The third-order valence-corrected chi connectivity index (χ3v) is 4.20. The lowest BCUT2D eigenvalue weighted by Crippen LogP contribution is -2.33. The van der Waals surface area contributed by atoms with Gasteiger partial charge in [0.2, 0.25) is 0 Å². The molecule has 0 aliphatic rings. The van der Waals surface area contributed by atoms with Gasteiger partial charge in [0.15, 0.2) is 6.61 Å². The fraction of sp³-hybridized carbons (Fsp3) is 0.318. The standard InChI is InChI=1S/C22H25FN2O4/c1-22(2,3)17-10-8-15(9-11-17)21(28)25-13-20(27)29-14-19(26)24-12-16-6-4-5-7-18(16)23/h4-11H,12-14H2,1-3H3,(H,24,26)(H,25,28). The summed E-state index contributed by atoms with van der Waals surface area (Å²) in [4.78, 5) is 35.5. The highest BCUT2D eigenvalue weighted by Crippen LogP contribution is 2.22. The quantitative estimate of drug-likeness (QED) is 0.700. The van der Waals surface area contributed by atoms with E-state index in [2.05, 4.69) is 31.4 Å². The van der Waals surface area contributed by atoms with Crippen LogP contribution in [-0.4, -0.2) is 30.9 Å². The van der Waals surface area contributed by atoms with E-state index in [0.717, 1.165) is 5.56 Å². The van der Waals surface area contributed by atoms with Crippen LogP contribution in [-0.2, 0) is 26.3 Å². The molecule has 0 aliphatic heterocycles. The Labute approximate surface area is 169 Å². The van der Waals surface area contributed by atoms with Gasteiger partial charge in [0.1, 0.15) is 12.4 Å². The lowest BCUT2D eigenvalue weighted by atomic mass is 9.87. The summed E-state index contributed by atoms with van der Waals surface area (Å²) in [6, 6.07) is 13.2. The molecule has 0 radical (unpaired) electrons. The lowest BCUT2D eigenvalue weighted by molar-refractivity contribution is -0.147. The summed E-state index contributed by atoms with van der Waals surface area (Å²) in [5, 5.41) is 4.91. The molecule has 7 heteroatoms. The maximum atomic E-state index is 13.5. The van der Waals surface area contributed by atoms with Crippen molar-refractivity contribution in [3.63, 3.8) is 0 Å². The summed E-state index contributed by atoms with van der Waals surface area (Å²) in [5.41, 5.74) is 1.83. The average molecular weight is 400 g/mol. The Morgan fingerprint density at radius 2 is 1.62 bits per heavy atom. The summed E-state index contributed by atoms with van der Waals surface area (Å²) in [7, 11) is 0. The number of hydrogen-bond donors (Lipinski definition) is 2. The molecule has 0 heterocycles. The number of rotatable bonds is 7. The van der Waals surface area contributed by atoms with Crippen molar-refractivity contribution < 1.29 is 23.5 Å². The van der Waals surface area contributed by atoms with Crippen molar-refractivity contribution >= 4 is 17.8 Å². The molecule has 154 valence electrons. The fourth-order valence-electron chi connectivity index (χ4n) is 2.46. The Hall–Kier alpha value is -3.22. The van der Waals surface area contributed by atoms with Crippen LogP contribution in [0.3, 0.4) is 0 Å². The zero-order valence-electron chi connectivity index (χ0n) is 16.8. The van der Waals surface area contributed by atoms with Gasteiger partial charge in [-0.15, -0.1) is 0 Å². The Balaban J connectivity index is 1.71. The normalized spacial score (nSPS) is 10.9. The van der Waals surface area contributed by atoms with Crippen molar-refractivity contribution in [1.82, 2.24) is 10.6 Å². The topological polar surface area (TPSA) is 84.5 Å². The van der Waals surface area contributed by atoms with Crippen molar-refractivity contribution in [3.05, 3.63) is 71.0 Å². The highest BCUT2D eigenvalue weighted by atomic mass is 19.1. The molecule has 0 unspecified atom stereocenters. The zero-order valence-corrected chi connectivity index (χ0v) is 16.8. The van der Waals surface area contributed by atoms with Gasteiger partial charge >= 0.3 is 5.97 Å². The lowest BCUT2D eigenvalue weighted by Gasteiger charge is -2.19. The second kappa shape index (κ2) is 9.82. The smallest absolute Gasteiger partial charge is 0.325 e. The van der Waals surface area contributed by atoms with Crippen molar-refractivity contribution in [2.24, 2.45) is 0 Å². The number of carbonyl (C=O) groups is 3. The third-order valence-electron chi connectivity index (χ3n) is 4.20. The van der Waals surface area contributed by atoms with Crippen LogP contribution in [0.15, 0.2) is 48.5 Å². The molecule has 0 saturated carbocycles. The van der Waals surface area contributed by atoms with E-state index in [9.17, 15) is 18.8 Å². The van der Waals surface area contributed by atoms with Crippen LogP contribution in [0.25, 0.3) is 0 Å². The minimum Gasteiger partial charge on any atom is -0.454 e. The maximum absolute atomic E-state index is 13.5. The molecule has 2 aromatic rings. The van der Waals surface area contributed by atoms with Crippen LogP contribution >= 0.6 is 0 Å². The molecule has 2 amide bonds. The minimum atomic E-state index is -0.745. The molecular formula is C22H25FN2O4. The van der Waals surface area contributed by atoms with E-state index in [-0.39, 0.29) is 18.5 Å². The first kappa shape index (κ1) is 22.1. The predicted molar refractivity (Wildman–Crippen MR) is 107 cm³/mol. The molecule has 0 aliphatic carbocycles. The van der Waals surface area contributed by atoms with Crippen molar-refractivity contribution in [3.8, 4) is 0 Å². The first-order valence-corrected chi connectivity index (χ1v) is 9.21. The number of halogens is 1. The number of ether oxygens (including phenoxy) is 1. The van der Waals surface area contributed by atoms with E-state index < -0.39 is 30.2 Å². The number of amides is 2. The van der Waals surface area contributed by atoms with Crippen LogP contribution in [0.2, 0.25) is 0 Å². The van der Waals surface area contributed by atoms with Crippen LogP contribution in [0.1, 0.15) is 42.3 Å². The van der Waals surface area contributed by atoms with Crippen LogP contribution in [0.4, 0.5) is 4.39 Å². The summed E-state index contributed by atoms with van der Waals surface area (Å²) >= 11 is 0. The number of esters is 1. The van der Waals surface area contributed by atoms with E-state index in [0.29, 0.717) is 11.1 Å². The van der Waals surface area contributed by atoms with Gasteiger partial charge in [-0.2, -0.15) is 0 Å². The summed E-state index contributed by atoms with van der Waals surface area (Å²) in [5.74, 6) is -2.15. The molecule has 0 spiro atoms. The van der Waals surface area contributed by atoms with E-state index in [1.807, 2.05) is 12.1 Å². The van der Waals surface area contributed by atoms with Crippen LogP contribution < -0.4 is 10.6 Å². The Kier molecular flexibility index (Phi) is 7.47. The highest BCUT2D eigenvalue weighted by molar-refractivity contribution is 5.96. The molecule has 0 bridgehead atoms. The van der Waals surface area contributed by atoms with E-state index in [4.69, 9.17) is 4.74 Å². The van der Waals surface area contributed by atoms with Crippen molar-refractivity contribution in [2.45, 2.75) is 32.7 Å². The molecule has 0 aromatic heterocycles. The molecule has 0 fully saturated rings. The van der Waals surface area contributed by atoms with Gasteiger partial charge in [-0.3, -0.25) is 14.4 Å². The van der Waals surface area contributed by atoms with Gasteiger partial charge in [-0.05, 0) is 29.2 Å². The first-order chi connectivity index (χ1) is 13.7. The molecule has 29 heavy (non-hydrogen) atoms. The van der Waals surface area contributed by atoms with Gasteiger partial charge in [0.05, 0.1) is 0 Å². The number of hydrogen-bond acceptors (Lipinski definition) is 4. The Bertz CT molecular complexity index is 873. The Morgan fingerprint density at radius 3 is 2.24 bits per heavy atom. The highest BCUT2D eigenvalue weighted by Gasteiger charge is 2.15. The number of benzene rings is 2. The summed E-state index contributed by atoms with van der Waals surface area (Å²) in [6.07, 6.45) is 0. The fourth-order valence-corrected chi connectivity index (χ4v) is 2.46. The average Bonchev–Trinajstić information content (AvgIpc) is 2.69. The summed E-state index contributed by atoms with van der Waals surface area (Å²) in [6.45, 7) is 5.34. The van der Waals surface area contributed by atoms with Gasteiger partial charge in [0, 0.05) is 17.7 Å². The minimum absolute atomic E-state index is 0.00957. The van der Waals surface area contributed by atoms with Crippen molar-refractivity contribution in [2.75, 3.05) is 13.2 Å². The van der Waals surface area contributed by atoms with Gasteiger partial charge < -0.3 is 15.4 Å². The number of nitrogens with one attached hydrogen (secondary N) is 2. The molecule has 6 nitrogen and oxygen atoms in total. The Morgan fingerprint density at radius 1 is 0.966 bits per heavy atom. The van der Waals surface area contributed by atoms with E-state index in [1.54, 1.807) is 30.3 Å². The molecular weight excluding hydrogens is 375 g/mol. The van der Waals surface area contributed by atoms with Crippen LogP contribution in [0, 0.1) is 5.82 Å². The maximum Gasteiger partial charge on any atom is 0.325 e. The largest absolute Gasteiger partial charge is 0.454 e. The van der Waals surface area contributed by atoms with E-state index in [1.165, 1.54) is 6.07 Å². The van der Waals surface area contributed by atoms with Crippen molar-refractivity contribution in [1.29, 1.82) is 0 Å². The SMILES string of the molecule is CC(C)(C)c1ccc(C(=O)NCC(=O)OCC(=O)NCc2ccccc2F)cc1. The van der Waals surface area contributed by atoms with E-state index >= 15 is 0 Å². The molecule has 0 atom stereocenters. The monoisotopic (exact) mass is 400 g/mol.